The summed E-state index contributed by atoms with van der Waals surface area (Å²) in [6, 6.07) is 15.5. The van der Waals surface area contributed by atoms with Crippen molar-refractivity contribution < 1.29 is 8.42 Å². The lowest BCUT2D eigenvalue weighted by Crippen LogP contribution is -2.49. The highest BCUT2D eigenvalue weighted by Gasteiger charge is 2.36. The summed E-state index contributed by atoms with van der Waals surface area (Å²) in [5.74, 6) is 0. The summed E-state index contributed by atoms with van der Waals surface area (Å²) in [5.41, 5.74) is 3.56. The molecule has 1 aliphatic heterocycles. The van der Waals surface area contributed by atoms with E-state index in [9.17, 15) is 8.42 Å². The van der Waals surface area contributed by atoms with Gasteiger partial charge in [-0.3, -0.25) is 0 Å². The van der Waals surface area contributed by atoms with E-state index in [0.29, 0.717) is 18.0 Å². The zero-order chi connectivity index (χ0) is 17.4. The van der Waals surface area contributed by atoms with Gasteiger partial charge in [0.2, 0.25) is 10.0 Å². The van der Waals surface area contributed by atoms with E-state index in [1.54, 1.807) is 10.4 Å². The quantitative estimate of drug-likeness (QED) is 0.804. The molecule has 0 amide bonds. The Balaban J connectivity index is 0.00000196. The van der Waals surface area contributed by atoms with Gasteiger partial charge in [0, 0.05) is 19.6 Å². The Labute approximate surface area is 162 Å². The van der Waals surface area contributed by atoms with Crippen molar-refractivity contribution in [3.8, 4) is 0 Å². The van der Waals surface area contributed by atoms with E-state index in [1.165, 1.54) is 11.1 Å². The number of sulfonamides is 1. The number of likely N-dealkylation sites (N-methyl/N-ethyl adjacent to an activating group) is 1. The lowest BCUT2D eigenvalue weighted by molar-refractivity contribution is 0.160. The van der Waals surface area contributed by atoms with E-state index in [2.05, 4.69) is 11.9 Å². The Morgan fingerprint density at radius 3 is 2.46 bits per heavy atom. The number of benzene rings is 2. The number of piperazine rings is 1. The highest BCUT2D eigenvalue weighted by molar-refractivity contribution is 7.89. The number of aryl methyl sites for hydroxylation is 2. The van der Waals surface area contributed by atoms with Gasteiger partial charge < -0.3 is 4.90 Å². The van der Waals surface area contributed by atoms with Crippen LogP contribution in [0.4, 0.5) is 0 Å². The van der Waals surface area contributed by atoms with Crippen LogP contribution < -0.4 is 0 Å². The van der Waals surface area contributed by atoms with Crippen molar-refractivity contribution >= 4 is 22.4 Å². The maximum Gasteiger partial charge on any atom is 0.243 e. The Morgan fingerprint density at radius 2 is 1.69 bits per heavy atom. The molecule has 1 saturated heterocycles. The topological polar surface area (TPSA) is 40.6 Å². The van der Waals surface area contributed by atoms with Gasteiger partial charge in [0.05, 0.1) is 10.9 Å². The van der Waals surface area contributed by atoms with E-state index in [1.807, 2.05) is 42.5 Å². The van der Waals surface area contributed by atoms with Crippen molar-refractivity contribution in [3.63, 3.8) is 0 Å². The maximum absolute atomic E-state index is 13.4. The molecule has 1 fully saturated rings. The second-order valence-electron chi connectivity index (χ2n) is 7.09. The molecular formula is C20H25ClN2O2S. The van der Waals surface area contributed by atoms with Crippen molar-refractivity contribution in [2.45, 2.75) is 30.2 Å². The lowest BCUT2D eigenvalue weighted by Gasteiger charge is -2.39. The molecule has 1 atom stereocenters. The van der Waals surface area contributed by atoms with Crippen LogP contribution in [0.1, 0.15) is 29.2 Å². The van der Waals surface area contributed by atoms with Gasteiger partial charge in [0.1, 0.15) is 0 Å². The minimum atomic E-state index is -3.50. The van der Waals surface area contributed by atoms with Crippen LogP contribution in [-0.4, -0.2) is 44.3 Å². The van der Waals surface area contributed by atoms with Crippen LogP contribution in [0.15, 0.2) is 53.4 Å². The molecule has 140 valence electrons. The van der Waals surface area contributed by atoms with Crippen LogP contribution in [0.3, 0.4) is 0 Å². The molecule has 2 aromatic rings. The normalized spacial score (nSPS) is 21.2. The van der Waals surface area contributed by atoms with E-state index in [0.717, 1.165) is 31.4 Å². The zero-order valence-electron chi connectivity index (χ0n) is 15.0. The highest BCUT2D eigenvalue weighted by atomic mass is 35.5. The van der Waals surface area contributed by atoms with Crippen molar-refractivity contribution in [2.24, 2.45) is 0 Å². The van der Waals surface area contributed by atoms with Gasteiger partial charge in [-0.25, -0.2) is 8.42 Å². The van der Waals surface area contributed by atoms with Crippen molar-refractivity contribution in [1.82, 2.24) is 9.21 Å². The first kappa shape index (κ1) is 19.4. The Morgan fingerprint density at radius 1 is 0.962 bits per heavy atom. The number of hydrogen-bond donors (Lipinski definition) is 0. The summed E-state index contributed by atoms with van der Waals surface area (Å²) in [4.78, 5) is 2.64. The average molecular weight is 393 g/mol. The molecule has 26 heavy (non-hydrogen) atoms. The second-order valence-corrected chi connectivity index (χ2v) is 8.98. The summed E-state index contributed by atoms with van der Waals surface area (Å²) in [5, 5.41) is 0. The monoisotopic (exact) mass is 392 g/mol. The smallest absolute Gasteiger partial charge is 0.243 e. The summed E-state index contributed by atoms with van der Waals surface area (Å²) >= 11 is 0. The first-order valence-electron chi connectivity index (χ1n) is 8.93. The standard InChI is InChI=1S/C20H24N2O2S.ClH/c1-21-12-13-22(20(15-21)17-6-3-2-4-7-17)25(23,24)19-11-10-16-8-5-9-18(16)14-19;/h2-4,6-7,10-11,14,20H,5,8-9,12-13,15H2,1H3;1H. The largest absolute Gasteiger partial charge is 0.303 e. The van der Waals surface area contributed by atoms with Gasteiger partial charge in [-0.15, -0.1) is 12.4 Å². The highest BCUT2D eigenvalue weighted by Crippen LogP contribution is 2.32. The summed E-state index contributed by atoms with van der Waals surface area (Å²) in [6.07, 6.45) is 3.18. The van der Waals surface area contributed by atoms with E-state index >= 15 is 0 Å². The SMILES string of the molecule is CN1CCN(S(=O)(=O)c2ccc3c(c2)CCC3)C(c2ccccc2)C1.Cl. The van der Waals surface area contributed by atoms with Gasteiger partial charge in [-0.2, -0.15) is 4.31 Å². The molecule has 0 bridgehead atoms. The third-order valence-corrected chi connectivity index (χ3v) is 7.30. The molecule has 2 aliphatic rings. The number of nitrogens with zero attached hydrogens (tertiary/aromatic N) is 2. The minimum absolute atomic E-state index is 0. The number of fused-ring (bicyclic) bond motifs is 1. The van der Waals surface area contributed by atoms with E-state index in [4.69, 9.17) is 0 Å². The van der Waals surface area contributed by atoms with Crippen molar-refractivity contribution in [2.75, 3.05) is 26.7 Å². The fourth-order valence-electron chi connectivity index (χ4n) is 3.98. The van der Waals surface area contributed by atoms with Crippen LogP contribution in [0, 0.1) is 0 Å². The summed E-state index contributed by atoms with van der Waals surface area (Å²) < 4.78 is 28.5. The van der Waals surface area contributed by atoms with Crippen molar-refractivity contribution in [3.05, 3.63) is 65.2 Å². The summed E-state index contributed by atoms with van der Waals surface area (Å²) in [7, 11) is -1.45. The van der Waals surface area contributed by atoms with Crippen molar-refractivity contribution in [1.29, 1.82) is 0 Å². The Hall–Kier alpha value is -1.40. The van der Waals surface area contributed by atoms with Gasteiger partial charge >= 0.3 is 0 Å². The molecule has 1 heterocycles. The minimum Gasteiger partial charge on any atom is -0.303 e. The lowest BCUT2D eigenvalue weighted by atomic mass is 10.1. The predicted molar refractivity (Wildman–Crippen MR) is 106 cm³/mol. The number of halogens is 1. The predicted octanol–water partition coefficient (Wildman–Crippen LogP) is 3.27. The van der Waals surface area contributed by atoms with Crippen LogP contribution in [0.25, 0.3) is 0 Å². The molecular weight excluding hydrogens is 368 g/mol. The van der Waals surface area contributed by atoms with Crippen LogP contribution in [-0.2, 0) is 22.9 Å². The molecule has 2 aromatic carbocycles. The Kier molecular flexibility index (Phi) is 5.72. The van der Waals surface area contributed by atoms with Gasteiger partial charge in [0.15, 0.2) is 0 Å². The molecule has 0 radical (unpaired) electrons. The second kappa shape index (κ2) is 7.69. The zero-order valence-corrected chi connectivity index (χ0v) is 16.6. The molecule has 1 unspecified atom stereocenters. The fraction of sp³-hybridized carbons (Fsp3) is 0.400. The van der Waals surface area contributed by atoms with Crippen LogP contribution in [0.5, 0.6) is 0 Å². The average Bonchev–Trinajstić information content (AvgIpc) is 3.10. The van der Waals surface area contributed by atoms with E-state index < -0.39 is 10.0 Å². The van der Waals surface area contributed by atoms with Gasteiger partial charge in [0.25, 0.3) is 0 Å². The fourth-order valence-corrected chi connectivity index (χ4v) is 5.63. The third-order valence-electron chi connectivity index (χ3n) is 5.40. The Bertz CT molecular complexity index is 871. The first-order valence-corrected chi connectivity index (χ1v) is 10.4. The van der Waals surface area contributed by atoms with E-state index in [-0.39, 0.29) is 18.4 Å². The number of hydrogen-bond acceptors (Lipinski definition) is 3. The van der Waals surface area contributed by atoms with Gasteiger partial charge in [-0.05, 0) is 55.1 Å². The molecule has 0 spiro atoms. The molecule has 1 aliphatic carbocycles. The van der Waals surface area contributed by atoms with Crippen LogP contribution in [0.2, 0.25) is 0 Å². The molecule has 4 nitrogen and oxygen atoms in total. The molecule has 4 rings (SSSR count). The molecule has 0 aromatic heterocycles. The number of rotatable bonds is 3. The summed E-state index contributed by atoms with van der Waals surface area (Å²) in [6.45, 7) is 2.00. The third kappa shape index (κ3) is 3.54. The maximum atomic E-state index is 13.4. The molecule has 6 heteroatoms. The first-order chi connectivity index (χ1) is 12.1. The molecule has 0 N–H and O–H groups in total. The van der Waals surface area contributed by atoms with Gasteiger partial charge in [-0.1, -0.05) is 36.4 Å². The van der Waals surface area contributed by atoms with Crippen LogP contribution >= 0.6 is 12.4 Å². The molecule has 0 saturated carbocycles.